The SMILES string of the molecule is Cc1noc(N(C(=N)N)C(=N)N)c1C.Cl. The molecule has 8 heteroatoms. The van der Waals surface area contributed by atoms with Crippen LogP contribution in [-0.2, 0) is 0 Å². The number of hydrogen-bond donors (Lipinski definition) is 4. The van der Waals surface area contributed by atoms with Crippen LogP contribution in [0.25, 0.3) is 0 Å². The van der Waals surface area contributed by atoms with Crippen molar-refractivity contribution in [1.29, 1.82) is 10.8 Å². The van der Waals surface area contributed by atoms with Gasteiger partial charge in [0.2, 0.25) is 17.8 Å². The Hall–Kier alpha value is -1.76. The van der Waals surface area contributed by atoms with Crippen LogP contribution in [0.2, 0.25) is 0 Å². The van der Waals surface area contributed by atoms with Crippen molar-refractivity contribution in [3.8, 4) is 0 Å². The number of nitrogens with one attached hydrogen (secondary N) is 2. The number of guanidine groups is 2. The minimum Gasteiger partial charge on any atom is -0.369 e. The molecular weight excluding hydrogens is 220 g/mol. The van der Waals surface area contributed by atoms with Crippen LogP contribution in [0.3, 0.4) is 0 Å². The van der Waals surface area contributed by atoms with Gasteiger partial charge in [0.15, 0.2) is 0 Å². The smallest absolute Gasteiger partial charge is 0.244 e. The molecule has 0 bridgehead atoms. The maximum absolute atomic E-state index is 7.22. The normalized spacial score (nSPS) is 9.20. The first-order valence-electron chi connectivity index (χ1n) is 3.86. The van der Waals surface area contributed by atoms with Crippen molar-refractivity contribution in [3.05, 3.63) is 11.3 Å². The summed E-state index contributed by atoms with van der Waals surface area (Å²) < 4.78 is 4.91. The Morgan fingerprint density at radius 3 is 2.00 bits per heavy atom. The van der Waals surface area contributed by atoms with Crippen molar-refractivity contribution in [2.75, 3.05) is 4.90 Å². The minimum absolute atomic E-state index is 0. The summed E-state index contributed by atoms with van der Waals surface area (Å²) in [5, 5.41) is 18.1. The summed E-state index contributed by atoms with van der Waals surface area (Å²) in [4.78, 5) is 0.968. The summed E-state index contributed by atoms with van der Waals surface area (Å²) in [6.45, 7) is 3.50. The summed E-state index contributed by atoms with van der Waals surface area (Å²) >= 11 is 0. The number of rotatable bonds is 1. The van der Waals surface area contributed by atoms with Gasteiger partial charge in [-0.2, -0.15) is 0 Å². The Kier molecular flexibility index (Phi) is 4.10. The Labute approximate surface area is 92.8 Å². The number of nitrogens with zero attached hydrogens (tertiary/aromatic N) is 2. The molecule has 6 N–H and O–H groups in total. The fraction of sp³-hybridized carbons (Fsp3) is 0.286. The molecular formula is C7H13ClN6O. The summed E-state index contributed by atoms with van der Waals surface area (Å²) in [5.74, 6) is -0.545. The van der Waals surface area contributed by atoms with Crippen LogP contribution in [-0.4, -0.2) is 17.1 Å². The molecule has 0 fully saturated rings. The van der Waals surface area contributed by atoms with Crippen molar-refractivity contribution in [3.63, 3.8) is 0 Å². The van der Waals surface area contributed by atoms with Gasteiger partial charge in [-0.15, -0.1) is 12.4 Å². The van der Waals surface area contributed by atoms with Crippen molar-refractivity contribution in [2.45, 2.75) is 13.8 Å². The highest BCUT2D eigenvalue weighted by molar-refractivity contribution is 6.13. The first-order chi connectivity index (χ1) is 6.45. The summed E-state index contributed by atoms with van der Waals surface area (Å²) in [6, 6.07) is 0. The summed E-state index contributed by atoms with van der Waals surface area (Å²) in [7, 11) is 0. The zero-order valence-corrected chi connectivity index (χ0v) is 9.18. The van der Waals surface area contributed by atoms with Gasteiger partial charge in [0.25, 0.3) is 0 Å². The van der Waals surface area contributed by atoms with E-state index in [-0.39, 0.29) is 30.2 Å². The molecule has 1 aromatic heterocycles. The quantitative estimate of drug-likeness (QED) is 0.409. The second-order valence-corrected chi connectivity index (χ2v) is 2.80. The van der Waals surface area contributed by atoms with Crippen molar-refractivity contribution in [1.82, 2.24) is 5.16 Å². The van der Waals surface area contributed by atoms with Gasteiger partial charge in [-0.3, -0.25) is 10.8 Å². The summed E-state index contributed by atoms with van der Waals surface area (Å²) in [5.41, 5.74) is 11.9. The van der Waals surface area contributed by atoms with E-state index in [1.165, 1.54) is 0 Å². The van der Waals surface area contributed by atoms with E-state index in [9.17, 15) is 0 Å². The number of nitrogens with two attached hydrogens (primary N) is 2. The zero-order chi connectivity index (χ0) is 10.9. The first-order valence-corrected chi connectivity index (χ1v) is 3.86. The molecule has 0 aliphatic rings. The molecule has 1 heterocycles. The number of aromatic nitrogens is 1. The molecule has 0 radical (unpaired) electrons. The second kappa shape index (κ2) is 4.65. The number of anilines is 1. The Morgan fingerprint density at radius 1 is 1.27 bits per heavy atom. The van der Waals surface area contributed by atoms with Crippen LogP contribution in [0.4, 0.5) is 5.88 Å². The monoisotopic (exact) mass is 232 g/mol. The van der Waals surface area contributed by atoms with E-state index in [1.54, 1.807) is 13.8 Å². The predicted octanol–water partition coefficient (Wildman–Crippen LogP) is 0.307. The molecule has 0 saturated carbocycles. The highest BCUT2D eigenvalue weighted by atomic mass is 35.5. The average molecular weight is 233 g/mol. The Morgan fingerprint density at radius 2 is 1.73 bits per heavy atom. The van der Waals surface area contributed by atoms with Gasteiger partial charge in [0.1, 0.15) is 0 Å². The standard InChI is InChI=1S/C7H12N6O.ClH/c1-3-4(2)12-14-5(3)13(6(8)9)7(10)11;/h1-2H3,(H3,8,9)(H3,10,11);1H. The van der Waals surface area contributed by atoms with Crippen LogP contribution in [0, 0.1) is 24.7 Å². The van der Waals surface area contributed by atoms with Crippen LogP contribution >= 0.6 is 12.4 Å². The van der Waals surface area contributed by atoms with Gasteiger partial charge in [0.05, 0.1) is 5.69 Å². The second-order valence-electron chi connectivity index (χ2n) is 2.80. The molecule has 0 aromatic carbocycles. The highest BCUT2D eigenvalue weighted by Crippen LogP contribution is 2.21. The number of halogens is 1. The van der Waals surface area contributed by atoms with Gasteiger partial charge < -0.3 is 16.0 Å². The fourth-order valence-corrected chi connectivity index (χ4v) is 0.960. The van der Waals surface area contributed by atoms with Gasteiger partial charge in [-0.05, 0) is 13.8 Å². The van der Waals surface area contributed by atoms with E-state index in [0.29, 0.717) is 11.3 Å². The Bertz CT molecular complexity index is 373. The zero-order valence-electron chi connectivity index (χ0n) is 8.37. The molecule has 0 unspecified atom stereocenters. The van der Waals surface area contributed by atoms with E-state index < -0.39 is 0 Å². The molecule has 0 saturated heterocycles. The topological polar surface area (TPSA) is 129 Å². The van der Waals surface area contributed by atoms with E-state index >= 15 is 0 Å². The molecule has 7 nitrogen and oxygen atoms in total. The molecule has 1 rings (SSSR count). The lowest BCUT2D eigenvalue weighted by atomic mass is 10.3. The fourth-order valence-electron chi connectivity index (χ4n) is 0.960. The molecule has 0 aliphatic heterocycles. The molecule has 1 aromatic rings. The van der Waals surface area contributed by atoms with E-state index in [4.69, 9.17) is 26.8 Å². The minimum atomic E-state index is -0.378. The first kappa shape index (κ1) is 13.2. The third-order valence-electron chi connectivity index (χ3n) is 1.82. The molecule has 0 amide bonds. The average Bonchev–Trinajstić information content (AvgIpc) is 2.35. The van der Waals surface area contributed by atoms with Gasteiger partial charge in [-0.25, -0.2) is 4.90 Å². The van der Waals surface area contributed by atoms with Gasteiger partial charge in [-0.1, -0.05) is 5.16 Å². The lowest BCUT2D eigenvalue weighted by molar-refractivity contribution is 0.424. The maximum Gasteiger partial charge on any atom is 0.244 e. The van der Waals surface area contributed by atoms with E-state index in [2.05, 4.69) is 5.16 Å². The molecule has 15 heavy (non-hydrogen) atoms. The lowest BCUT2D eigenvalue weighted by Crippen LogP contribution is -2.45. The number of hydrogen-bond acceptors (Lipinski definition) is 4. The third kappa shape index (κ3) is 2.38. The van der Waals surface area contributed by atoms with Crippen LogP contribution in [0.15, 0.2) is 4.52 Å². The number of aryl methyl sites for hydroxylation is 1. The van der Waals surface area contributed by atoms with Crippen LogP contribution in [0.5, 0.6) is 0 Å². The maximum atomic E-state index is 7.22. The Balaban J connectivity index is 0.00000196. The predicted molar refractivity (Wildman–Crippen MR) is 59.5 cm³/mol. The molecule has 0 spiro atoms. The third-order valence-corrected chi connectivity index (χ3v) is 1.82. The molecule has 0 atom stereocenters. The highest BCUT2D eigenvalue weighted by Gasteiger charge is 2.21. The largest absolute Gasteiger partial charge is 0.369 e. The van der Waals surface area contributed by atoms with Crippen molar-refractivity contribution in [2.24, 2.45) is 11.5 Å². The van der Waals surface area contributed by atoms with E-state index in [1.807, 2.05) is 0 Å². The molecule has 84 valence electrons. The van der Waals surface area contributed by atoms with Crippen molar-refractivity contribution < 1.29 is 4.52 Å². The lowest BCUT2D eigenvalue weighted by Gasteiger charge is -2.16. The van der Waals surface area contributed by atoms with Gasteiger partial charge >= 0.3 is 0 Å². The van der Waals surface area contributed by atoms with Gasteiger partial charge in [0, 0.05) is 5.56 Å². The summed E-state index contributed by atoms with van der Waals surface area (Å²) in [6.07, 6.45) is 0. The van der Waals surface area contributed by atoms with Crippen LogP contribution in [0.1, 0.15) is 11.3 Å². The van der Waals surface area contributed by atoms with Crippen LogP contribution < -0.4 is 16.4 Å². The van der Waals surface area contributed by atoms with Crippen molar-refractivity contribution >= 4 is 30.2 Å². The molecule has 0 aliphatic carbocycles. The van der Waals surface area contributed by atoms with E-state index in [0.717, 1.165) is 4.90 Å².